The first-order chi connectivity index (χ1) is 18.2. The molecule has 1 aromatic carbocycles. The van der Waals surface area contributed by atoms with Crippen molar-refractivity contribution in [2.24, 2.45) is 17.3 Å². The number of carbonyl (C=O) groups is 2. The first-order valence-electron chi connectivity index (χ1n) is 14.9. The van der Waals surface area contributed by atoms with Crippen molar-refractivity contribution in [2.45, 2.75) is 110 Å². The number of likely N-dealkylation sites (tertiary alicyclic amines) is 2. The molecular weight excluding hydrogens is 510 g/mol. The van der Waals surface area contributed by atoms with Gasteiger partial charge in [-0.3, -0.25) is 14.5 Å². The summed E-state index contributed by atoms with van der Waals surface area (Å²) < 4.78 is 0. The quantitative estimate of drug-likeness (QED) is 0.512. The zero-order valence-electron chi connectivity index (χ0n) is 25.1. The van der Waals surface area contributed by atoms with Gasteiger partial charge in [-0.2, -0.15) is 0 Å². The summed E-state index contributed by atoms with van der Waals surface area (Å²) >= 11 is 6.19. The second-order valence-electron chi connectivity index (χ2n) is 14.4. The first kappa shape index (κ1) is 30.3. The van der Waals surface area contributed by atoms with Gasteiger partial charge in [-0.15, -0.1) is 0 Å². The molecule has 2 unspecified atom stereocenters. The maximum absolute atomic E-state index is 14.4. The lowest BCUT2D eigenvalue weighted by Crippen LogP contribution is -2.53. The van der Waals surface area contributed by atoms with E-state index >= 15 is 0 Å². The first-order valence-corrected chi connectivity index (χ1v) is 15.3. The largest absolute Gasteiger partial charge is 0.394 e. The van der Waals surface area contributed by atoms with E-state index in [9.17, 15) is 14.7 Å². The maximum Gasteiger partial charge on any atom is 0.228 e. The molecule has 3 aliphatic rings. The lowest BCUT2D eigenvalue weighted by atomic mass is 9.84. The maximum atomic E-state index is 14.4. The Morgan fingerprint density at radius 1 is 0.949 bits per heavy atom. The van der Waals surface area contributed by atoms with Gasteiger partial charge in [0, 0.05) is 47.6 Å². The summed E-state index contributed by atoms with van der Waals surface area (Å²) in [5.41, 5.74) is 0.576. The molecule has 0 bridgehead atoms. The van der Waals surface area contributed by atoms with Crippen molar-refractivity contribution in [3.05, 3.63) is 34.9 Å². The van der Waals surface area contributed by atoms with Gasteiger partial charge in [0.15, 0.2) is 0 Å². The molecule has 0 radical (unpaired) electrons. The van der Waals surface area contributed by atoms with E-state index < -0.39 is 5.41 Å². The van der Waals surface area contributed by atoms with Crippen LogP contribution >= 0.6 is 11.6 Å². The highest BCUT2D eigenvalue weighted by molar-refractivity contribution is 6.30. The van der Waals surface area contributed by atoms with Gasteiger partial charge < -0.3 is 14.9 Å². The Bertz CT molecular complexity index is 1010. The number of carbonyl (C=O) groups excluding carboxylic acids is 2. The van der Waals surface area contributed by atoms with Gasteiger partial charge >= 0.3 is 0 Å². The molecule has 4 rings (SSSR count). The van der Waals surface area contributed by atoms with Gasteiger partial charge in [0.2, 0.25) is 11.8 Å². The van der Waals surface area contributed by atoms with Crippen LogP contribution in [-0.4, -0.2) is 81.5 Å². The predicted molar refractivity (Wildman–Crippen MR) is 158 cm³/mol. The average molecular weight is 560 g/mol. The monoisotopic (exact) mass is 559 g/mol. The van der Waals surface area contributed by atoms with Crippen LogP contribution in [0.5, 0.6) is 0 Å². The van der Waals surface area contributed by atoms with Crippen LogP contribution in [0.4, 0.5) is 0 Å². The third-order valence-corrected chi connectivity index (χ3v) is 9.67. The Morgan fingerprint density at radius 2 is 1.56 bits per heavy atom. The average Bonchev–Trinajstić information content (AvgIpc) is 3.50. The van der Waals surface area contributed by atoms with E-state index in [1.54, 1.807) is 0 Å². The van der Waals surface area contributed by atoms with E-state index in [0.29, 0.717) is 30.5 Å². The number of benzene rings is 1. The molecule has 7 heteroatoms. The van der Waals surface area contributed by atoms with Crippen LogP contribution in [0.3, 0.4) is 0 Å². The van der Waals surface area contributed by atoms with Gasteiger partial charge in [-0.1, -0.05) is 51.4 Å². The number of aliphatic hydroxyl groups excluding tert-OH is 1. The van der Waals surface area contributed by atoms with Gasteiger partial charge in [0.05, 0.1) is 24.6 Å². The van der Waals surface area contributed by atoms with Crippen molar-refractivity contribution < 1.29 is 14.7 Å². The zero-order chi connectivity index (χ0) is 28.7. The summed E-state index contributed by atoms with van der Waals surface area (Å²) in [6, 6.07) is 7.77. The molecule has 2 heterocycles. The van der Waals surface area contributed by atoms with E-state index in [4.69, 9.17) is 11.6 Å². The number of hydrogen-bond acceptors (Lipinski definition) is 4. The molecule has 2 amide bonds. The molecule has 3 fully saturated rings. The molecular formula is C32H50ClN3O3. The number of nitrogens with zero attached hydrogens (tertiary/aromatic N) is 3. The van der Waals surface area contributed by atoms with Crippen LogP contribution in [0.25, 0.3) is 0 Å². The Balaban J connectivity index is 1.61. The Labute approximate surface area is 241 Å². The summed E-state index contributed by atoms with van der Waals surface area (Å²) in [4.78, 5) is 34.6. The molecule has 39 heavy (non-hydrogen) atoms. The summed E-state index contributed by atoms with van der Waals surface area (Å²) in [5, 5.41) is 11.1. The minimum atomic E-state index is -0.493. The van der Waals surface area contributed by atoms with Gasteiger partial charge in [-0.25, -0.2) is 0 Å². The summed E-state index contributed by atoms with van der Waals surface area (Å²) in [6.07, 6.45) is 4.92. The number of amides is 2. The van der Waals surface area contributed by atoms with Crippen LogP contribution < -0.4 is 0 Å². The number of aliphatic hydroxyl groups is 1. The predicted octanol–water partition coefficient (Wildman–Crippen LogP) is 5.57. The topological polar surface area (TPSA) is 64.1 Å². The van der Waals surface area contributed by atoms with E-state index in [1.807, 2.05) is 49.9 Å². The van der Waals surface area contributed by atoms with Crippen LogP contribution in [0.2, 0.25) is 5.02 Å². The van der Waals surface area contributed by atoms with E-state index in [1.165, 1.54) is 0 Å². The molecule has 1 aliphatic carbocycles. The Morgan fingerprint density at radius 3 is 2.10 bits per heavy atom. The molecule has 1 saturated carbocycles. The van der Waals surface area contributed by atoms with Gasteiger partial charge in [0.25, 0.3) is 0 Å². The standard InChI is InChI=1S/C32H50ClN3O3/c1-21-8-14-24(15-9-21)36(30(39)31(2,3)4)25-16-26(20-37)35(17-25)29(38)28-19-34(32(5,6)7)18-27(28)22-10-12-23(33)13-11-22/h10-13,21,24-28,37H,8-9,14-20H2,1-7H3/t21?,24?,25?,26-,27-,28?/m0/s1. The molecule has 218 valence electrons. The van der Waals surface area contributed by atoms with Crippen molar-refractivity contribution in [2.75, 3.05) is 26.2 Å². The van der Waals surface area contributed by atoms with Crippen molar-refractivity contribution in [3.8, 4) is 0 Å². The second-order valence-corrected chi connectivity index (χ2v) is 14.9. The molecule has 0 spiro atoms. The second kappa shape index (κ2) is 11.7. The van der Waals surface area contributed by atoms with Crippen molar-refractivity contribution in [3.63, 3.8) is 0 Å². The minimum absolute atomic E-state index is 0.0551. The van der Waals surface area contributed by atoms with Crippen LogP contribution in [0.15, 0.2) is 24.3 Å². The molecule has 2 saturated heterocycles. The summed E-state index contributed by atoms with van der Waals surface area (Å²) in [6.45, 7) is 16.8. The fraction of sp³-hybridized carbons (Fsp3) is 0.750. The van der Waals surface area contributed by atoms with Crippen LogP contribution in [0.1, 0.15) is 92.1 Å². The number of halogens is 1. The lowest BCUT2D eigenvalue weighted by Gasteiger charge is -2.42. The Kier molecular flexibility index (Phi) is 9.10. The molecule has 0 aromatic heterocycles. The van der Waals surface area contributed by atoms with Crippen LogP contribution in [-0.2, 0) is 9.59 Å². The van der Waals surface area contributed by atoms with E-state index in [0.717, 1.165) is 37.8 Å². The number of hydrogen-bond donors (Lipinski definition) is 1. The fourth-order valence-electron chi connectivity index (χ4n) is 6.94. The highest BCUT2D eigenvalue weighted by Crippen LogP contribution is 2.40. The van der Waals surface area contributed by atoms with Crippen molar-refractivity contribution in [1.82, 2.24) is 14.7 Å². The summed E-state index contributed by atoms with van der Waals surface area (Å²) in [5.74, 6) is 0.804. The van der Waals surface area contributed by atoms with Gasteiger partial charge in [-0.05, 0) is 76.5 Å². The molecule has 2 aliphatic heterocycles. The highest BCUT2D eigenvalue weighted by Gasteiger charge is 2.49. The molecule has 6 nitrogen and oxygen atoms in total. The smallest absolute Gasteiger partial charge is 0.228 e. The van der Waals surface area contributed by atoms with Gasteiger partial charge in [0.1, 0.15) is 0 Å². The van der Waals surface area contributed by atoms with E-state index in [-0.39, 0.29) is 53.9 Å². The lowest BCUT2D eigenvalue weighted by molar-refractivity contribution is -0.146. The summed E-state index contributed by atoms with van der Waals surface area (Å²) in [7, 11) is 0. The molecule has 1 aromatic rings. The third kappa shape index (κ3) is 6.65. The van der Waals surface area contributed by atoms with E-state index in [2.05, 4.69) is 37.5 Å². The highest BCUT2D eigenvalue weighted by atomic mass is 35.5. The van der Waals surface area contributed by atoms with Crippen molar-refractivity contribution in [1.29, 1.82) is 0 Å². The fourth-order valence-corrected chi connectivity index (χ4v) is 7.06. The number of rotatable bonds is 5. The normalized spacial score (nSPS) is 30.5. The molecule has 1 N–H and O–H groups in total. The zero-order valence-corrected chi connectivity index (χ0v) is 25.9. The molecule has 4 atom stereocenters. The van der Waals surface area contributed by atoms with Crippen LogP contribution in [0, 0.1) is 17.3 Å². The Hall–Kier alpha value is -1.63. The minimum Gasteiger partial charge on any atom is -0.394 e. The van der Waals surface area contributed by atoms with Crippen molar-refractivity contribution >= 4 is 23.4 Å². The SMILES string of the molecule is CC1CCC(N(C(=O)C(C)(C)C)C2C[C@@H](CO)N(C(=O)C3CN(C(C)(C)C)C[C@H]3c3ccc(Cl)cc3)C2)CC1. The third-order valence-electron chi connectivity index (χ3n) is 9.42.